The lowest BCUT2D eigenvalue weighted by molar-refractivity contribution is -0.109. The maximum absolute atomic E-state index is 13.1. The Hall–Kier alpha value is -1.46. The molecule has 0 aromatic carbocycles. The van der Waals surface area contributed by atoms with E-state index in [9.17, 15) is 17.6 Å². The predicted molar refractivity (Wildman–Crippen MR) is 92.2 cm³/mol. The Morgan fingerprint density at radius 1 is 0.923 bits per heavy atom. The van der Waals surface area contributed by atoms with Crippen LogP contribution in [-0.2, 0) is 0 Å². The summed E-state index contributed by atoms with van der Waals surface area (Å²) in [5.74, 6) is 0.352. The molecule has 6 heteroatoms. The van der Waals surface area contributed by atoms with Crippen LogP contribution in [0.25, 0.3) is 0 Å². The van der Waals surface area contributed by atoms with E-state index in [1.807, 2.05) is 19.3 Å². The summed E-state index contributed by atoms with van der Waals surface area (Å²) >= 11 is 0. The van der Waals surface area contributed by atoms with Crippen molar-refractivity contribution >= 4 is 0 Å². The Balaban J connectivity index is 1.47. The Morgan fingerprint density at radius 2 is 1.42 bits per heavy atom. The minimum Gasteiger partial charge on any atom is -0.241 e. The van der Waals surface area contributed by atoms with E-state index in [4.69, 9.17) is 0 Å². The summed E-state index contributed by atoms with van der Waals surface area (Å²) in [5.41, 5.74) is 1.07. The van der Waals surface area contributed by atoms with Crippen LogP contribution in [0.4, 0.5) is 17.6 Å². The number of aryl methyl sites for hydroxylation is 1. The minimum absolute atomic E-state index is 0.273. The van der Waals surface area contributed by atoms with Crippen LogP contribution in [0.15, 0.2) is 24.3 Å². The largest absolute Gasteiger partial charge is 0.442 e. The number of aromatic nitrogens is 2. The molecule has 0 unspecified atom stereocenters. The third-order valence-electron chi connectivity index (χ3n) is 6.07. The van der Waals surface area contributed by atoms with E-state index in [1.165, 1.54) is 0 Å². The molecule has 0 atom stereocenters. The molecule has 144 valence electrons. The molecule has 26 heavy (non-hydrogen) atoms. The zero-order valence-corrected chi connectivity index (χ0v) is 15.1. The van der Waals surface area contributed by atoms with E-state index in [2.05, 4.69) is 9.97 Å². The molecule has 3 rings (SSSR count). The molecular formula is C20H26F4N2. The second-order valence-electron chi connectivity index (χ2n) is 7.92. The van der Waals surface area contributed by atoms with Crippen LogP contribution in [0, 0.1) is 24.7 Å². The van der Waals surface area contributed by atoms with Crippen LogP contribution in [0.1, 0.15) is 68.7 Å². The molecule has 0 spiro atoms. The van der Waals surface area contributed by atoms with Crippen LogP contribution in [0.5, 0.6) is 0 Å². The summed E-state index contributed by atoms with van der Waals surface area (Å²) in [6.45, 7) is 1.98. The van der Waals surface area contributed by atoms with Gasteiger partial charge in [-0.2, -0.15) is 13.2 Å². The molecule has 2 aliphatic rings. The molecule has 1 aromatic heterocycles. The molecule has 2 nitrogen and oxygen atoms in total. The summed E-state index contributed by atoms with van der Waals surface area (Å²) in [6.07, 6.45) is 7.23. The van der Waals surface area contributed by atoms with E-state index < -0.39 is 12.0 Å². The van der Waals surface area contributed by atoms with Gasteiger partial charge in [0.25, 0.3) is 0 Å². The molecule has 0 N–H and O–H groups in total. The SMILES string of the molecule is Cc1cnc(C2CCC(C3CCC(C=C(F)C(F)(F)F)CC3)CC2)nc1. The van der Waals surface area contributed by atoms with Crippen molar-refractivity contribution in [3.63, 3.8) is 0 Å². The molecule has 2 fully saturated rings. The molecule has 0 bridgehead atoms. The highest BCUT2D eigenvalue weighted by Crippen LogP contribution is 2.44. The van der Waals surface area contributed by atoms with Gasteiger partial charge in [-0.25, -0.2) is 14.4 Å². The van der Waals surface area contributed by atoms with Gasteiger partial charge in [0.1, 0.15) is 5.82 Å². The van der Waals surface area contributed by atoms with Crippen LogP contribution in [0.3, 0.4) is 0 Å². The first kappa shape index (κ1) is 19.3. The van der Waals surface area contributed by atoms with Crippen molar-refractivity contribution in [2.45, 2.75) is 70.4 Å². The molecule has 0 aliphatic heterocycles. The number of allylic oxidation sites excluding steroid dienone is 2. The van der Waals surface area contributed by atoms with Crippen molar-refractivity contribution in [2.75, 3.05) is 0 Å². The summed E-state index contributed by atoms with van der Waals surface area (Å²) in [5, 5.41) is 0. The van der Waals surface area contributed by atoms with E-state index in [-0.39, 0.29) is 5.92 Å². The summed E-state index contributed by atoms with van der Waals surface area (Å²) in [4.78, 5) is 8.90. The molecule has 2 saturated carbocycles. The average molecular weight is 370 g/mol. The number of nitrogens with zero attached hydrogens (tertiary/aromatic N) is 2. The second kappa shape index (κ2) is 8.05. The quantitative estimate of drug-likeness (QED) is 0.585. The first-order chi connectivity index (χ1) is 12.3. The fraction of sp³-hybridized carbons (Fsp3) is 0.700. The van der Waals surface area contributed by atoms with Gasteiger partial charge in [-0.15, -0.1) is 0 Å². The van der Waals surface area contributed by atoms with E-state index in [0.29, 0.717) is 30.6 Å². The number of hydrogen-bond acceptors (Lipinski definition) is 2. The fourth-order valence-electron chi connectivity index (χ4n) is 4.55. The lowest BCUT2D eigenvalue weighted by atomic mass is 9.69. The van der Waals surface area contributed by atoms with Gasteiger partial charge < -0.3 is 0 Å². The molecule has 0 saturated heterocycles. The molecule has 2 aliphatic carbocycles. The highest BCUT2D eigenvalue weighted by atomic mass is 19.4. The molecular weight excluding hydrogens is 344 g/mol. The Kier molecular flexibility index (Phi) is 5.98. The van der Waals surface area contributed by atoms with Gasteiger partial charge in [0.2, 0.25) is 0 Å². The fourth-order valence-corrected chi connectivity index (χ4v) is 4.55. The maximum Gasteiger partial charge on any atom is 0.442 e. The number of alkyl halides is 3. The predicted octanol–water partition coefficient (Wildman–Crippen LogP) is 6.28. The van der Waals surface area contributed by atoms with Gasteiger partial charge in [-0.05, 0) is 87.7 Å². The average Bonchev–Trinajstić information content (AvgIpc) is 2.62. The summed E-state index contributed by atoms with van der Waals surface area (Å²) in [7, 11) is 0. The zero-order valence-electron chi connectivity index (χ0n) is 15.1. The van der Waals surface area contributed by atoms with Gasteiger partial charge in [0.15, 0.2) is 5.83 Å². The summed E-state index contributed by atoms with van der Waals surface area (Å²) < 4.78 is 50.1. The highest BCUT2D eigenvalue weighted by molar-refractivity contribution is 5.06. The van der Waals surface area contributed by atoms with E-state index >= 15 is 0 Å². The van der Waals surface area contributed by atoms with Gasteiger partial charge >= 0.3 is 6.18 Å². The Bertz CT molecular complexity index is 608. The zero-order chi connectivity index (χ0) is 18.7. The van der Waals surface area contributed by atoms with Gasteiger partial charge in [-0.1, -0.05) is 0 Å². The standard InChI is InChI=1S/C20H26F4N2/c1-13-11-25-19(26-12-13)17-8-6-16(7-9-17)15-4-2-14(3-5-15)10-18(21)20(22,23)24/h10-12,14-17H,2-9H2,1H3. The van der Waals surface area contributed by atoms with Gasteiger partial charge in [0.05, 0.1) is 0 Å². The van der Waals surface area contributed by atoms with Crippen molar-refractivity contribution in [1.82, 2.24) is 9.97 Å². The minimum atomic E-state index is -4.84. The van der Waals surface area contributed by atoms with Gasteiger partial charge in [-0.3, -0.25) is 0 Å². The smallest absolute Gasteiger partial charge is 0.241 e. The first-order valence-corrected chi connectivity index (χ1v) is 9.56. The highest BCUT2D eigenvalue weighted by Gasteiger charge is 2.36. The van der Waals surface area contributed by atoms with Crippen LogP contribution < -0.4 is 0 Å². The monoisotopic (exact) mass is 370 g/mol. The van der Waals surface area contributed by atoms with Crippen molar-refractivity contribution in [2.24, 2.45) is 17.8 Å². The number of halogens is 4. The third-order valence-corrected chi connectivity index (χ3v) is 6.07. The number of rotatable bonds is 3. The van der Waals surface area contributed by atoms with E-state index in [0.717, 1.165) is 56.0 Å². The van der Waals surface area contributed by atoms with Crippen LogP contribution in [0.2, 0.25) is 0 Å². The topological polar surface area (TPSA) is 25.8 Å². The Labute approximate surface area is 152 Å². The summed E-state index contributed by atoms with van der Waals surface area (Å²) in [6, 6.07) is 0. The lowest BCUT2D eigenvalue weighted by Crippen LogP contribution is -2.25. The third kappa shape index (κ3) is 4.83. The van der Waals surface area contributed by atoms with Gasteiger partial charge in [0, 0.05) is 18.3 Å². The van der Waals surface area contributed by atoms with Crippen LogP contribution >= 0.6 is 0 Å². The van der Waals surface area contributed by atoms with E-state index in [1.54, 1.807) is 0 Å². The second-order valence-corrected chi connectivity index (χ2v) is 7.92. The lowest BCUT2D eigenvalue weighted by Gasteiger charge is -2.37. The normalized spacial score (nSPS) is 31.0. The molecule has 1 aromatic rings. The Morgan fingerprint density at radius 3 is 1.92 bits per heavy atom. The molecule has 0 amide bonds. The van der Waals surface area contributed by atoms with Crippen LogP contribution in [-0.4, -0.2) is 16.1 Å². The first-order valence-electron chi connectivity index (χ1n) is 9.56. The maximum atomic E-state index is 13.1. The van der Waals surface area contributed by atoms with Crippen molar-refractivity contribution in [3.05, 3.63) is 35.7 Å². The number of hydrogen-bond donors (Lipinski definition) is 0. The van der Waals surface area contributed by atoms with Crippen molar-refractivity contribution in [1.29, 1.82) is 0 Å². The molecule has 0 radical (unpaired) electrons. The van der Waals surface area contributed by atoms with Crippen molar-refractivity contribution < 1.29 is 17.6 Å². The van der Waals surface area contributed by atoms with Crippen molar-refractivity contribution in [3.8, 4) is 0 Å². The molecule has 1 heterocycles.